The van der Waals surface area contributed by atoms with Gasteiger partial charge in [0.1, 0.15) is 18.2 Å². The molecule has 0 spiro atoms. The molecule has 3 rings (SSSR count). The van der Waals surface area contributed by atoms with Crippen molar-refractivity contribution in [2.75, 3.05) is 11.9 Å². The third-order valence-electron chi connectivity index (χ3n) is 4.86. The van der Waals surface area contributed by atoms with Crippen LogP contribution in [0, 0.1) is 11.6 Å². The molecule has 0 radical (unpaired) electrons. The van der Waals surface area contributed by atoms with Gasteiger partial charge in [0.25, 0.3) is 0 Å². The van der Waals surface area contributed by atoms with Gasteiger partial charge in [-0.05, 0) is 32.9 Å². The summed E-state index contributed by atoms with van der Waals surface area (Å²) in [4.78, 5) is 26.4. The number of halogens is 2. The molecule has 2 aromatic rings. The number of nitrogens with one attached hydrogen (secondary N) is 2. The van der Waals surface area contributed by atoms with E-state index >= 15 is 0 Å². The number of amides is 3. The van der Waals surface area contributed by atoms with Gasteiger partial charge in [0.05, 0.1) is 11.6 Å². The van der Waals surface area contributed by atoms with E-state index in [1.807, 2.05) is 38.1 Å². The summed E-state index contributed by atoms with van der Waals surface area (Å²) < 4.78 is 26.9. The van der Waals surface area contributed by atoms with Crippen LogP contribution < -0.4 is 10.6 Å². The maximum Gasteiger partial charge on any atom is 0.323 e. The van der Waals surface area contributed by atoms with Crippen molar-refractivity contribution >= 4 is 17.6 Å². The lowest BCUT2D eigenvalue weighted by Crippen LogP contribution is -2.54. The number of hydrogen-bond acceptors (Lipinski definition) is 2. The molecule has 2 aromatic carbocycles. The highest BCUT2D eigenvalue weighted by atomic mass is 19.1. The van der Waals surface area contributed by atoms with Crippen molar-refractivity contribution in [1.82, 2.24) is 10.2 Å². The highest BCUT2D eigenvalue weighted by Gasteiger charge is 2.39. The monoisotopic (exact) mass is 373 g/mol. The van der Waals surface area contributed by atoms with Gasteiger partial charge in [0.15, 0.2) is 0 Å². The second-order valence-electron chi connectivity index (χ2n) is 7.08. The largest absolute Gasteiger partial charge is 0.348 e. The molecule has 7 heteroatoms. The zero-order chi connectivity index (χ0) is 19.8. The van der Waals surface area contributed by atoms with Crippen LogP contribution in [0.3, 0.4) is 0 Å². The van der Waals surface area contributed by atoms with Gasteiger partial charge in [-0.15, -0.1) is 0 Å². The molecule has 0 saturated carbocycles. The molecule has 1 heterocycles. The summed E-state index contributed by atoms with van der Waals surface area (Å²) >= 11 is 0. The van der Waals surface area contributed by atoms with Gasteiger partial charge in [-0.25, -0.2) is 13.6 Å². The number of benzene rings is 2. The molecule has 0 saturated heterocycles. The van der Waals surface area contributed by atoms with E-state index in [4.69, 9.17) is 0 Å². The number of nitrogens with zero attached hydrogens (tertiary/aromatic N) is 1. The maximum atomic E-state index is 13.9. The predicted octanol–water partition coefficient (Wildman–Crippen LogP) is 3.92. The predicted molar refractivity (Wildman–Crippen MR) is 98.1 cm³/mol. The number of anilines is 1. The number of para-hydroxylation sites is 1. The Hall–Kier alpha value is -2.96. The molecule has 0 aliphatic carbocycles. The minimum Gasteiger partial charge on any atom is -0.348 e. The first kappa shape index (κ1) is 18.8. The van der Waals surface area contributed by atoms with Crippen LogP contribution in [0.25, 0.3) is 0 Å². The second kappa shape index (κ2) is 6.98. The van der Waals surface area contributed by atoms with Crippen molar-refractivity contribution < 1.29 is 18.4 Å². The summed E-state index contributed by atoms with van der Waals surface area (Å²) in [6.07, 6.45) is 0. The van der Waals surface area contributed by atoms with Crippen molar-refractivity contribution in [3.63, 3.8) is 0 Å². The van der Waals surface area contributed by atoms with Crippen LogP contribution in [0.15, 0.2) is 42.5 Å². The van der Waals surface area contributed by atoms with Crippen molar-refractivity contribution in [2.24, 2.45) is 0 Å². The van der Waals surface area contributed by atoms with Crippen LogP contribution in [0.5, 0.6) is 0 Å². The fourth-order valence-corrected chi connectivity index (χ4v) is 3.34. The maximum absolute atomic E-state index is 13.9. The topological polar surface area (TPSA) is 61.4 Å². The van der Waals surface area contributed by atoms with Gasteiger partial charge in [-0.3, -0.25) is 4.79 Å². The van der Waals surface area contributed by atoms with E-state index in [2.05, 4.69) is 10.6 Å². The lowest BCUT2D eigenvalue weighted by molar-refractivity contribution is -0.123. The summed E-state index contributed by atoms with van der Waals surface area (Å²) in [7, 11) is 0. The van der Waals surface area contributed by atoms with Gasteiger partial charge in [-0.1, -0.05) is 24.3 Å². The van der Waals surface area contributed by atoms with Gasteiger partial charge in [0, 0.05) is 22.9 Å². The second-order valence-corrected chi connectivity index (χ2v) is 7.08. The summed E-state index contributed by atoms with van der Waals surface area (Å²) in [6.45, 7) is 5.13. The Morgan fingerprint density at radius 3 is 2.63 bits per heavy atom. The molecule has 1 aliphatic heterocycles. The minimum atomic E-state index is -0.729. The molecule has 0 aromatic heterocycles. The molecule has 0 bridgehead atoms. The zero-order valence-electron chi connectivity index (χ0n) is 15.3. The van der Waals surface area contributed by atoms with Crippen LogP contribution in [0.2, 0.25) is 0 Å². The Morgan fingerprint density at radius 1 is 1.22 bits per heavy atom. The van der Waals surface area contributed by atoms with Crippen LogP contribution in [-0.2, 0) is 10.3 Å². The lowest BCUT2D eigenvalue weighted by Gasteiger charge is -2.43. The minimum absolute atomic E-state index is 0.178. The average molecular weight is 373 g/mol. The fraction of sp³-hybridized carbons (Fsp3) is 0.300. The molecule has 27 heavy (non-hydrogen) atoms. The van der Waals surface area contributed by atoms with E-state index in [9.17, 15) is 18.4 Å². The lowest BCUT2D eigenvalue weighted by atomic mass is 9.89. The van der Waals surface area contributed by atoms with Crippen molar-refractivity contribution in [3.8, 4) is 0 Å². The quantitative estimate of drug-likeness (QED) is 0.853. The van der Waals surface area contributed by atoms with Gasteiger partial charge >= 0.3 is 6.03 Å². The molecule has 142 valence electrons. The molecule has 5 nitrogen and oxygen atoms in total. The van der Waals surface area contributed by atoms with Gasteiger partial charge in [-0.2, -0.15) is 0 Å². The van der Waals surface area contributed by atoms with Gasteiger partial charge < -0.3 is 15.5 Å². The number of hydrogen-bond donors (Lipinski definition) is 2. The number of carbonyl (C=O) groups is 2. The van der Waals surface area contributed by atoms with Gasteiger partial charge in [0.2, 0.25) is 5.91 Å². The standard InChI is InChI=1S/C20H21F2N3O2/c1-12(14-9-8-13(21)10-16(14)22)23-18(26)11-25-19(27)24-17-7-5-4-6-15(17)20(25,2)3/h4-10,12H,11H2,1-3H3,(H,23,26)(H,24,27)/t12-/m0/s1. The number of carbonyl (C=O) groups excluding carboxylic acids is 2. The zero-order valence-corrected chi connectivity index (χ0v) is 15.3. The molecule has 0 fully saturated rings. The van der Waals surface area contributed by atoms with E-state index in [1.165, 1.54) is 11.0 Å². The third-order valence-corrected chi connectivity index (χ3v) is 4.86. The summed E-state index contributed by atoms with van der Waals surface area (Å²) in [5.74, 6) is -1.85. The number of fused-ring (bicyclic) bond motifs is 1. The summed E-state index contributed by atoms with van der Waals surface area (Å²) in [5, 5.41) is 5.44. The van der Waals surface area contributed by atoms with Crippen LogP contribution >= 0.6 is 0 Å². The third kappa shape index (κ3) is 3.63. The van der Waals surface area contributed by atoms with Crippen molar-refractivity contribution in [1.29, 1.82) is 0 Å². The average Bonchev–Trinajstić information content (AvgIpc) is 2.58. The highest BCUT2D eigenvalue weighted by molar-refractivity contribution is 5.96. The first-order valence-electron chi connectivity index (χ1n) is 8.62. The first-order chi connectivity index (χ1) is 12.7. The van der Waals surface area contributed by atoms with Crippen molar-refractivity contribution in [3.05, 3.63) is 65.2 Å². The molecule has 2 N–H and O–H groups in total. The first-order valence-corrected chi connectivity index (χ1v) is 8.62. The normalized spacial score (nSPS) is 16.3. The number of urea groups is 1. The van der Waals surface area contributed by atoms with Crippen molar-refractivity contribution in [2.45, 2.75) is 32.4 Å². The van der Waals surface area contributed by atoms with E-state index in [-0.39, 0.29) is 18.1 Å². The molecular formula is C20H21F2N3O2. The molecule has 1 atom stereocenters. The Kier molecular flexibility index (Phi) is 4.87. The Labute approximate surface area is 156 Å². The molecular weight excluding hydrogens is 352 g/mol. The van der Waals surface area contributed by atoms with E-state index in [0.717, 1.165) is 17.7 Å². The van der Waals surface area contributed by atoms with Crippen LogP contribution in [0.1, 0.15) is 37.9 Å². The molecule has 0 unspecified atom stereocenters. The van der Waals surface area contributed by atoms with Crippen LogP contribution in [-0.4, -0.2) is 23.4 Å². The fourth-order valence-electron chi connectivity index (χ4n) is 3.34. The van der Waals surface area contributed by atoms with Crippen LogP contribution in [0.4, 0.5) is 19.3 Å². The number of rotatable bonds is 4. The SMILES string of the molecule is C[C@H](NC(=O)CN1C(=O)Nc2ccccc2C1(C)C)c1ccc(F)cc1F. The summed E-state index contributed by atoms with van der Waals surface area (Å²) in [6, 6.07) is 9.57. The molecule has 1 aliphatic rings. The van der Waals surface area contributed by atoms with E-state index in [0.29, 0.717) is 5.69 Å². The van der Waals surface area contributed by atoms with E-state index in [1.54, 1.807) is 6.92 Å². The molecule has 3 amide bonds. The Balaban J connectivity index is 1.75. The summed E-state index contributed by atoms with van der Waals surface area (Å²) in [5.41, 5.74) is 1.10. The Morgan fingerprint density at radius 2 is 1.93 bits per heavy atom. The Bertz CT molecular complexity index is 899. The smallest absolute Gasteiger partial charge is 0.323 e. The van der Waals surface area contributed by atoms with E-state index < -0.39 is 29.1 Å². The highest BCUT2D eigenvalue weighted by Crippen LogP contribution is 2.37.